The van der Waals surface area contributed by atoms with Gasteiger partial charge in [0.25, 0.3) is 0 Å². The van der Waals surface area contributed by atoms with Crippen LogP contribution < -0.4 is 5.32 Å². The van der Waals surface area contributed by atoms with Gasteiger partial charge in [-0.25, -0.2) is 9.97 Å². The molecule has 0 aliphatic rings. The van der Waals surface area contributed by atoms with E-state index in [0.717, 1.165) is 16.9 Å². The highest BCUT2D eigenvalue weighted by Gasteiger charge is 2.13. The van der Waals surface area contributed by atoms with Crippen molar-refractivity contribution in [3.63, 3.8) is 0 Å². The standard InChI is InChI=1S/C16H20ClN3O/c1-11(2)14-15(17)19-10-20-16(14)18-8-12-5-4-6-13(7-12)9-21-3/h4-7,10-11H,8-9H2,1-3H3,(H,18,19,20). The number of methoxy groups -OCH3 is 1. The van der Waals surface area contributed by atoms with Crippen LogP contribution in [0, 0.1) is 0 Å². The van der Waals surface area contributed by atoms with E-state index in [2.05, 4.69) is 41.3 Å². The van der Waals surface area contributed by atoms with E-state index in [1.807, 2.05) is 12.1 Å². The number of halogens is 1. The molecule has 0 aliphatic heterocycles. The summed E-state index contributed by atoms with van der Waals surface area (Å²) in [6.45, 7) is 5.46. The van der Waals surface area contributed by atoms with Gasteiger partial charge in [0.2, 0.25) is 0 Å². The van der Waals surface area contributed by atoms with E-state index >= 15 is 0 Å². The molecule has 1 aromatic carbocycles. The molecule has 2 rings (SSSR count). The number of benzene rings is 1. The zero-order chi connectivity index (χ0) is 15.2. The second-order valence-corrected chi connectivity index (χ2v) is 5.55. The van der Waals surface area contributed by atoms with Gasteiger partial charge in [0.05, 0.1) is 6.61 Å². The van der Waals surface area contributed by atoms with E-state index in [-0.39, 0.29) is 5.92 Å². The first-order valence-corrected chi connectivity index (χ1v) is 7.30. The second-order valence-electron chi connectivity index (χ2n) is 5.19. The summed E-state index contributed by atoms with van der Waals surface area (Å²) < 4.78 is 5.15. The third-order valence-corrected chi connectivity index (χ3v) is 3.48. The summed E-state index contributed by atoms with van der Waals surface area (Å²) in [6.07, 6.45) is 1.48. The number of hydrogen-bond acceptors (Lipinski definition) is 4. The quantitative estimate of drug-likeness (QED) is 0.819. The maximum atomic E-state index is 6.16. The lowest BCUT2D eigenvalue weighted by molar-refractivity contribution is 0.185. The van der Waals surface area contributed by atoms with Crippen molar-refractivity contribution in [2.24, 2.45) is 0 Å². The summed E-state index contributed by atoms with van der Waals surface area (Å²) in [5.41, 5.74) is 3.28. The molecule has 2 aromatic rings. The second kappa shape index (κ2) is 7.38. The molecule has 0 amide bonds. The van der Waals surface area contributed by atoms with Gasteiger partial charge in [-0.1, -0.05) is 49.7 Å². The van der Waals surface area contributed by atoms with Gasteiger partial charge in [-0.15, -0.1) is 0 Å². The van der Waals surface area contributed by atoms with Crippen LogP contribution in [0.25, 0.3) is 0 Å². The molecule has 0 fully saturated rings. The van der Waals surface area contributed by atoms with Crippen molar-refractivity contribution in [3.8, 4) is 0 Å². The molecule has 5 heteroatoms. The molecule has 0 bridgehead atoms. The highest BCUT2D eigenvalue weighted by molar-refractivity contribution is 6.30. The first kappa shape index (κ1) is 15.7. The summed E-state index contributed by atoms with van der Waals surface area (Å²) in [7, 11) is 1.70. The number of aromatic nitrogens is 2. The van der Waals surface area contributed by atoms with Crippen molar-refractivity contribution in [3.05, 3.63) is 52.4 Å². The SMILES string of the molecule is COCc1cccc(CNc2ncnc(Cl)c2C(C)C)c1. The predicted molar refractivity (Wildman–Crippen MR) is 85.6 cm³/mol. The Balaban J connectivity index is 2.13. The van der Waals surface area contributed by atoms with Gasteiger partial charge in [0.15, 0.2) is 0 Å². The number of nitrogens with zero attached hydrogens (tertiary/aromatic N) is 2. The Hall–Kier alpha value is -1.65. The topological polar surface area (TPSA) is 47.0 Å². The molecule has 0 aliphatic carbocycles. The lowest BCUT2D eigenvalue weighted by atomic mass is 10.1. The smallest absolute Gasteiger partial charge is 0.138 e. The first-order valence-electron chi connectivity index (χ1n) is 6.92. The molecule has 0 saturated carbocycles. The number of rotatable bonds is 6. The van der Waals surface area contributed by atoms with Crippen LogP contribution in [0.2, 0.25) is 5.15 Å². The minimum absolute atomic E-state index is 0.265. The van der Waals surface area contributed by atoms with E-state index in [9.17, 15) is 0 Å². The van der Waals surface area contributed by atoms with E-state index in [0.29, 0.717) is 18.3 Å². The van der Waals surface area contributed by atoms with Crippen molar-refractivity contribution < 1.29 is 4.74 Å². The van der Waals surface area contributed by atoms with Gasteiger partial charge >= 0.3 is 0 Å². The molecule has 0 atom stereocenters. The molecule has 112 valence electrons. The third kappa shape index (κ3) is 4.16. The number of nitrogens with one attached hydrogen (secondary N) is 1. The third-order valence-electron chi connectivity index (χ3n) is 3.17. The van der Waals surface area contributed by atoms with Crippen LogP contribution in [0.15, 0.2) is 30.6 Å². The van der Waals surface area contributed by atoms with E-state index < -0.39 is 0 Å². The summed E-state index contributed by atoms with van der Waals surface area (Å²) >= 11 is 6.16. The lowest BCUT2D eigenvalue weighted by Gasteiger charge is -2.14. The van der Waals surface area contributed by atoms with Crippen molar-refractivity contribution in [2.45, 2.75) is 32.9 Å². The number of ether oxygens (including phenoxy) is 1. The fourth-order valence-corrected chi connectivity index (χ4v) is 2.56. The van der Waals surface area contributed by atoms with Gasteiger partial charge in [-0.05, 0) is 17.0 Å². The largest absolute Gasteiger partial charge is 0.380 e. The fraction of sp³-hybridized carbons (Fsp3) is 0.375. The minimum atomic E-state index is 0.265. The van der Waals surface area contributed by atoms with Crippen LogP contribution in [0.4, 0.5) is 5.82 Å². The maximum Gasteiger partial charge on any atom is 0.138 e. The lowest BCUT2D eigenvalue weighted by Crippen LogP contribution is -2.07. The Bertz CT molecular complexity index is 602. The van der Waals surface area contributed by atoms with Crippen LogP contribution in [-0.2, 0) is 17.9 Å². The van der Waals surface area contributed by atoms with Crippen LogP contribution in [-0.4, -0.2) is 17.1 Å². The zero-order valence-corrected chi connectivity index (χ0v) is 13.3. The number of anilines is 1. The highest BCUT2D eigenvalue weighted by Crippen LogP contribution is 2.28. The predicted octanol–water partition coefficient (Wildman–Crippen LogP) is 4.01. The summed E-state index contributed by atoms with van der Waals surface area (Å²) in [5.74, 6) is 1.06. The van der Waals surface area contributed by atoms with Crippen LogP contribution in [0.3, 0.4) is 0 Å². The Morgan fingerprint density at radius 2 is 2.00 bits per heavy atom. The fourth-order valence-electron chi connectivity index (χ4n) is 2.21. The Morgan fingerprint density at radius 3 is 2.71 bits per heavy atom. The Morgan fingerprint density at radius 1 is 1.24 bits per heavy atom. The number of hydrogen-bond donors (Lipinski definition) is 1. The van der Waals surface area contributed by atoms with E-state index in [1.54, 1.807) is 7.11 Å². The maximum absolute atomic E-state index is 6.16. The highest BCUT2D eigenvalue weighted by atomic mass is 35.5. The van der Waals surface area contributed by atoms with Crippen molar-refractivity contribution in [2.75, 3.05) is 12.4 Å². The minimum Gasteiger partial charge on any atom is -0.380 e. The van der Waals surface area contributed by atoms with Crippen LogP contribution >= 0.6 is 11.6 Å². The van der Waals surface area contributed by atoms with Crippen molar-refractivity contribution in [1.82, 2.24) is 9.97 Å². The molecule has 0 saturated heterocycles. The summed E-state index contributed by atoms with van der Waals surface area (Å²) in [5, 5.41) is 3.85. The van der Waals surface area contributed by atoms with E-state index in [4.69, 9.17) is 16.3 Å². The van der Waals surface area contributed by atoms with Crippen molar-refractivity contribution >= 4 is 17.4 Å². The average Bonchev–Trinajstić information content (AvgIpc) is 2.45. The molecular formula is C16H20ClN3O. The molecule has 0 unspecified atom stereocenters. The zero-order valence-electron chi connectivity index (χ0n) is 12.6. The molecular weight excluding hydrogens is 286 g/mol. The van der Waals surface area contributed by atoms with Gasteiger partial charge < -0.3 is 10.1 Å². The van der Waals surface area contributed by atoms with E-state index in [1.165, 1.54) is 11.9 Å². The molecule has 4 nitrogen and oxygen atoms in total. The van der Waals surface area contributed by atoms with Gasteiger partial charge in [-0.2, -0.15) is 0 Å². The molecule has 1 aromatic heterocycles. The molecule has 0 spiro atoms. The monoisotopic (exact) mass is 305 g/mol. The average molecular weight is 306 g/mol. The van der Waals surface area contributed by atoms with Gasteiger partial charge in [0, 0.05) is 19.2 Å². The van der Waals surface area contributed by atoms with Crippen molar-refractivity contribution in [1.29, 1.82) is 0 Å². The summed E-state index contributed by atoms with van der Waals surface area (Å²) in [6, 6.07) is 8.27. The Kier molecular flexibility index (Phi) is 5.53. The first-order chi connectivity index (χ1) is 10.1. The Labute approximate surface area is 130 Å². The van der Waals surface area contributed by atoms with Gasteiger partial charge in [0.1, 0.15) is 17.3 Å². The molecule has 1 heterocycles. The molecule has 0 radical (unpaired) electrons. The van der Waals surface area contributed by atoms with Crippen LogP contribution in [0.5, 0.6) is 0 Å². The molecule has 1 N–H and O–H groups in total. The normalized spacial score (nSPS) is 10.9. The van der Waals surface area contributed by atoms with Gasteiger partial charge in [-0.3, -0.25) is 0 Å². The van der Waals surface area contributed by atoms with Crippen LogP contribution in [0.1, 0.15) is 36.5 Å². The molecule has 21 heavy (non-hydrogen) atoms. The summed E-state index contributed by atoms with van der Waals surface area (Å²) in [4.78, 5) is 8.36.